The van der Waals surface area contributed by atoms with Crippen molar-refractivity contribution in [1.29, 1.82) is 0 Å². The zero-order chi connectivity index (χ0) is 16.5. The number of carbonyl (C=O) groups excluding carboxylic acids is 1. The van der Waals surface area contributed by atoms with E-state index in [1.165, 1.54) is 11.1 Å². The van der Waals surface area contributed by atoms with Gasteiger partial charge in [-0.2, -0.15) is 0 Å². The lowest BCUT2D eigenvalue weighted by atomic mass is 10.1. The predicted octanol–water partition coefficient (Wildman–Crippen LogP) is 4.06. The number of carbonyl (C=O) groups is 1. The Morgan fingerprint density at radius 1 is 0.957 bits per heavy atom. The van der Waals surface area contributed by atoms with Crippen LogP contribution in [0.25, 0.3) is 0 Å². The maximum Gasteiger partial charge on any atom is 0.225 e. The van der Waals surface area contributed by atoms with Crippen molar-refractivity contribution < 1.29 is 4.79 Å². The van der Waals surface area contributed by atoms with Crippen LogP contribution in [0.2, 0.25) is 5.02 Å². The van der Waals surface area contributed by atoms with Gasteiger partial charge in [-0.05, 0) is 54.8 Å². The van der Waals surface area contributed by atoms with Gasteiger partial charge in [-0.3, -0.25) is 4.79 Å². The molecule has 0 spiro atoms. The largest absolute Gasteiger partial charge is 0.326 e. The van der Waals surface area contributed by atoms with Gasteiger partial charge in [0.15, 0.2) is 0 Å². The highest BCUT2D eigenvalue weighted by Crippen LogP contribution is 2.10. The van der Waals surface area contributed by atoms with Crippen LogP contribution in [0.1, 0.15) is 24.5 Å². The Balaban J connectivity index is 1.61. The zero-order valence-corrected chi connectivity index (χ0v) is 14.2. The Bertz CT molecular complexity index is 608. The summed E-state index contributed by atoms with van der Waals surface area (Å²) in [5.41, 5.74) is 3.36. The minimum atomic E-state index is 0.0354. The average molecular weight is 331 g/mol. The van der Waals surface area contributed by atoms with E-state index in [9.17, 15) is 4.79 Å². The van der Waals surface area contributed by atoms with Gasteiger partial charge in [0.1, 0.15) is 0 Å². The van der Waals surface area contributed by atoms with Crippen LogP contribution in [0.3, 0.4) is 0 Å². The summed E-state index contributed by atoms with van der Waals surface area (Å²) < 4.78 is 0. The number of amides is 1. The van der Waals surface area contributed by atoms with E-state index in [1.807, 2.05) is 48.5 Å². The van der Waals surface area contributed by atoms with Crippen LogP contribution in [-0.4, -0.2) is 19.0 Å². The molecule has 0 bridgehead atoms. The fraction of sp³-hybridized carbons (Fsp3) is 0.316. The highest BCUT2D eigenvalue weighted by molar-refractivity contribution is 6.30. The van der Waals surface area contributed by atoms with Gasteiger partial charge in [-0.15, -0.1) is 0 Å². The summed E-state index contributed by atoms with van der Waals surface area (Å²) in [6.45, 7) is 3.63. The number of rotatable bonds is 8. The van der Waals surface area contributed by atoms with Crippen LogP contribution in [0.15, 0.2) is 48.5 Å². The molecular formula is C19H23ClN2O. The van der Waals surface area contributed by atoms with Gasteiger partial charge in [0.25, 0.3) is 0 Å². The van der Waals surface area contributed by atoms with E-state index >= 15 is 0 Å². The van der Waals surface area contributed by atoms with Crippen molar-refractivity contribution >= 4 is 23.2 Å². The zero-order valence-electron chi connectivity index (χ0n) is 13.4. The van der Waals surface area contributed by atoms with Crippen molar-refractivity contribution in [2.24, 2.45) is 0 Å². The summed E-state index contributed by atoms with van der Waals surface area (Å²) in [5.74, 6) is 0.0354. The molecule has 2 aromatic rings. The van der Waals surface area contributed by atoms with Gasteiger partial charge in [-0.1, -0.05) is 42.8 Å². The molecule has 0 saturated heterocycles. The van der Waals surface area contributed by atoms with E-state index in [0.717, 1.165) is 30.1 Å². The third-order valence-corrected chi connectivity index (χ3v) is 3.93. The van der Waals surface area contributed by atoms with Gasteiger partial charge in [0, 0.05) is 23.7 Å². The lowest BCUT2D eigenvalue weighted by molar-refractivity contribution is -0.116. The number of aryl methyl sites for hydroxylation is 1. The predicted molar refractivity (Wildman–Crippen MR) is 97.1 cm³/mol. The molecule has 4 heteroatoms. The van der Waals surface area contributed by atoms with Gasteiger partial charge >= 0.3 is 0 Å². The van der Waals surface area contributed by atoms with Crippen LogP contribution in [0.5, 0.6) is 0 Å². The summed E-state index contributed by atoms with van der Waals surface area (Å²) in [6.07, 6.45) is 2.40. The smallest absolute Gasteiger partial charge is 0.225 e. The number of nitrogens with one attached hydrogen (secondary N) is 2. The molecule has 2 aromatic carbocycles. The number of halogens is 1. The summed E-state index contributed by atoms with van der Waals surface area (Å²) in [6, 6.07) is 15.8. The summed E-state index contributed by atoms with van der Waals surface area (Å²) in [5, 5.41) is 6.96. The first-order valence-electron chi connectivity index (χ1n) is 8.01. The molecule has 0 fully saturated rings. The van der Waals surface area contributed by atoms with Gasteiger partial charge in [0.05, 0.1) is 0 Å². The van der Waals surface area contributed by atoms with Gasteiger partial charge in [-0.25, -0.2) is 0 Å². The van der Waals surface area contributed by atoms with E-state index in [2.05, 4.69) is 17.6 Å². The Kier molecular flexibility index (Phi) is 7.11. The van der Waals surface area contributed by atoms with Crippen LogP contribution >= 0.6 is 11.6 Å². The van der Waals surface area contributed by atoms with Crippen molar-refractivity contribution in [3.63, 3.8) is 0 Å². The minimum Gasteiger partial charge on any atom is -0.326 e. The second-order valence-corrected chi connectivity index (χ2v) is 5.91. The van der Waals surface area contributed by atoms with Crippen LogP contribution < -0.4 is 10.6 Å². The standard InChI is InChI=1S/C19H23ClN2O/c1-2-15-5-9-18(10-6-15)22-19(23)12-14-21-13-11-16-3-7-17(20)8-4-16/h3-10,21H,2,11-14H2,1H3,(H,22,23). The molecule has 2 N–H and O–H groups in total. The third kappa shape index (κ3) is 6.43. The van der Waals surface area contributed by atoms with Crippen molar-refractivity contribution in [3.8, 4) is 0 Å². The molecule has 0 unspecified atom stereocenters. The molecule has 0 atom stereocenters. The number of benzene rings is 2. The Hall–Kier alpha value is -1.84. The summed E-state index contributed by atoms with van der Waals surface area (Å²) in [4.78, 5) is 11.9. The molecule has 1 amide bonds. The number of hydrogen-bond acceptors (Lipinski definition) is 2. The molecule has 3 nitrogen and oxygen atoms in total. The van der Waals surface area contributed by atoms with E-state index < -0.39 is 0 Å². The Labute approximate surface area is 143 Å². The fourth-order valence-electron chi connectivity index (χ4n) is 2.26. The summed E-state index contributed by atoms with van der Waals surface area (Å²) >= 11 is 5.85. The number of hydrogen-bond donors (Lipinski definition) is 2. The highest BCUT2D eigenvalue weighted by atomic mass is 35.5. The van der Waals surface area contributed by atoms with Crippen molar-refractivity contribution in [2.75, 3.05) is 18.4 Å². The fourth-order valence-corrected chi connectivity index (χ4v) is 2.38. The maximum atomic E-state index is 11.9. The molecule has 0 saturated carbocycles. The van der Waals surface area contributed by atoms with Crippen LogP contribution in [0, 0.1) is 0 Å². The highest BCUT2D eigenvalue weighted by Gasteiger charge is 2.02. The molecule has 0 aliphatic carbocycles. The van der Waals surface area contributed by atoms with Crippen LogP contribution in [-0.2, 0) is 17.6 Å². The lowest BCUT2D eigenvalue weighted by Crippen LogP contribution is -2.23. The van der Waals surface area contributed by atoms with E-state index in [4.69, 9.17) is 11.6 Å². The second kappa shape index (κ2) is 9.33. The molecule has 0 aliphatic heterocycles. The first-order chi connectivity index (χ1) is 11.2. The van der Waals surface area contributed by atoms with Crippen molar-refractivity contribution in [1.82, 2.24) is 5.32 Å². The summed E-state index contributed by atoms with van der Waals surface area (Å²) in [7, 11) is 0. The van der Waals surface area contributed by atoms with E-state index in [1.54, 1.807) is 0 Å². The Morgan fingerprint density at radius 2 is 1.61 bits per heavy atom. The number of anilines is 1. The second-order valence-electron chi connectivity index (χ2n) is 5.48. The quantitative estimate of drug-likeness (QED) is 0.716. The monoisotopic (exact) mass is 330 g/mol. The minimum absolute atomic E-state index is 0.0354. The molecule has 0 radical (unpaired) electrons. The molecule has 23 heavy (non-hydrogen) atoms. The van der Waals surface area contributed by atoms with Crippen LogP contribution in [0.4, 0.5) is 5.69 Å². The third-order valence-electron chi connectivity index (χ3n) is 3.68. The Morgan fingerprint density at radius 3 is 2.26 bits per heavy atom. The molecule has 2 rings (SSSR count). The van der Waals surface area contributed by atoms with Gasteiger partial charge < -0.3 is 10.6 Å². The van der Waals surface area contributed by atoms with E-state index in [0.29, 0.717) is 13.0 Å². The molecular weight excluding hydrogens is 308 g/mol. The molecule has 122 valence electrons. The normalized spacial score (nSPS) is 10.5. The first kappa shape index (κ1) is 17.5. The van der Waals surface area contributed by atoms with E-state index in [-0.39, 0.29) is 5.91 Å². The first-order valence-corrected chi connectivity index (χ1v) is 8.39. The average Bonchev–Trinajstić information content (AvgIpc) is 2.57. The molecule has 0 heterocycles. The van der Waals surface area contributed by atoms with Gasteiger partial charge in [0.2, 0.25) is 5.91 Å². The topological polar surface area (TPSA) is 41.1 Å². The van der Waals surface area contributed by atoms with Crippen molar-refractivity contribution in [2.45, 2.75) is 26.2 Å². The molecule has 0 aliphatic rings. The maximum absolute atomic E-state index is 11.9. The van der Waals surface area contributed by atoms with Crippen molar-refractivity contribution in [3.05, 3.63) is 64.7 Å². The SMILES string of the molecule is CCc1ccc(NC(=O)CCNCCc2ccc(Cl)cc2)cc1. The lowest BCUT2D eigenvalue weighted by Gasteiger charge is -2.07. The molecule has 0 aromatic heterocycles.